The first-order valence-electron chi connectivity index (χ1n) is 8.82. The van der Waals surface area contributed by atoms with E-state index in [1.807, 2.05) is 0 Å². The summed E-state index contributed by atoms with van der Waals surface area (Å²) >= 11 is 0. The number of alkyl halides is 4. The van der Waals surface area contributed by atoms with Gasteiger partial charge in [-0.25, -0.2) is 18.2 Å². The van der Waals surface area contributed by atoms with E-state index in [1.165, 1.54) is 11.5 Å². The molecule has 11 heteroatoms. The SMILES string of the molecule is C[C@@]1(F)C[C@H](F)[C@@](C)(c2cc(C(F)(F)NC(=O)c3cnccn3)ccc2F)N=C1N. The fourth-order valence-corrected chi connectivity index (χ4v) is 3.11. The van der Waals surface area contributed by atoms with Gasteiger partial charge in [-0.05, 0) is 32.0 Å². The normalized spacial score (nSPS) is 26.8. The number of amidine groups is 1. The van der Waals surface area contributed by atoms with Crippen molar-refractivity contribution in [3.05, 3.63) is 59.4 Å². The number of carbonyl (C=O) groups excluding carboxylic acids is 1. The third-order valence-corrected chi connectivity index (χ3v) is 5.00. The first-order chi connectivity index (χ1) is 13.9. The number of rotatable bonds is 4. The largest absolute Gasteiger partial charge is 0.385 e. The zero-order valence-electron chi connectivity index (χ0n) is 16.0. The van der Waals surface area contributed by atoms with E-state index in [1.54, 1.807) is 0 Å². The van der Waals surface area contributed by atoms with Gasteiger partial charge in [0.2, 0.25) is 0 Å². The molecule has 6 nitrogen and oxygen atoms in total. The lowest BCUT2D eigenvalue weighted by atomic mass is 9.78. The van der Waals surface area contributed by atoms with Crippen LogP contribution in [0.3, 0.4) is 0 Å². The van der Waals surface area contributed by atoms with E-state index in [4.69, 9.17) is 5.73 Å². The summed E-state index contributed by atoms with van der Waals surface area (Å²) in [6.45, 7) is 2.17. The molecular weight excluding hydrogens is 409 g/mol. The van der Waals surface area contributed by atoms with Crippen LogP contribution in [-0.4, -0.2) is 33.6 Å². The highest BCUT2D eigenvalue weighted by Gasteiger charge is 2.49. The van der Waals surface area contributed by atoms with Gasteiger partial charge in [0, 0.05) is 29.9 Å². The standard InChI is InChI=1S/C19H18F5N5O/c1-17(22)8-14(21)18(2,29-16(17)25)11-7-10(3-4-12(11)20)19(23,24)28-15(30)13-9-26-5-6-27-13/h3-7,9,14H,8H2,1-2H3,(H2,25,29)(H,28,30)/t14-,17+,18+/m0/s1. The fourth-order valence-electron chi connectivity index (χ4n) is 3.11. The molecule has 0 bridgehead atoms. The predicted molar refractivity (Wildman–Crippen MR) is 97.8 cm³/mol. The highest BCUT2D eigenvalue weighted by molar-refractivity contribution is 5.92. The molecule has 1 aliphatic rings. The molecule has 0 aliphatic carbocycles. The zero-order valence-corrected chi connectivity index (χ0v) is 16.0. The van der Waals surface area contributed by atoms with Gasteiger partial charge in [0.05, 0.1) is 6.20 Å². The highest BCUT2D eigenvalue weighted by Crippen LogP contribution is 2.43. The monoisotopic (exact) mass is 427 g/mol. The molecule has 3 N–H and O–H groups in total. The number of nitrogens with two attached hydrogens (primary N) is 1. The van der Waals surface area contributed by atoms with Gasteiger partial charge in [0.25, 0.3) is 5.91 Å². The highest BCUT2D eigenvalue weighted by atomic mass is 19.3. The molecule has 2 aromatic rings. The van der Waals surface area contributed by atoms with Gasteiger partial charge in [-0.3, -0.25) is 20.1 Å². The maximum Gasteiger partial charge on any atom is 0.352 e. The maximum absolute atomic E-state index is 14.8. The van der Waals surface area contributed by atoms with Gasteiger partial charge >= 0.3 is 6.05 Å². The minimum absolute atomic E-state index is 0.359. The number of hydrogen-bond donors (Lipinski definition) is 2. The zero-order chi connectivity index (χ0) is 22.3. The van der Waals surface area contributed by atoms with E-state index in [0.717, 1.165) is 32.3 Å². The predicted octanol–water partition coefficient (Wildman–Crippen LogP) is 3.14. The van der Waals surface area contributed by atoms with Crippen molar-refractivity contribution in [2.24, 2.45) is 10.7 Å². The van der Waals surface area contributed by atoms with Crippen molar-refractivity contribution < 1.29 is 26.7 Å². The first-order valence-corrected chi connectivity index (χ1v) is 8.82. The molecule has 0 saturated carbocycles. The van der Waals surface area contributed by atoms with Crippen molar-refractivity contribution in [1.82, 2.24) is 15.3 Å². The quantitative estimate of drug-likeness (QED) is 0.579. The van der Waals surface area contributed by atoms with Crippen molar-refractivity contribution in [3.63, 3.8) is 0 Å². The van der Waals surface area contributed by atoms with Crippen LogP contribution in [0.4, 0.5) is 22.0 Å². The minimum atomic E-state index is -3.96. The Kier molecular flexibility index (Phi) is 5.25. The number of nitrogens with one attached hydrogen (secondary N) is 1. The van der Waals surface area contributed by atoms with Crippen LogP contribution in [0.2, 0.25) is 0 Å². The molecule has 0 unspecified atom stereocenters. The third-order valence-electron chi connectivity index (χ3n) is 5.00. The topological polar surface area (TPSA) is 93.3 Å². The van der Waals surface area contributed by atoms with Crippen molar-refractivity contribution in [2.75, 3.05) is 0 Å². The smallest absolute Gasteiger partial charge is 0.352 e. The molecule has 3 rings (SSSR count). The Hall–Kier alpha value is -3.11. The van der Waals surface area contributed by atoms with Gasteiger partial charge < -0.3 is 5.73 Å². The second-order valence-electron chi connectivity index (χ2n) is 7.33. The molecule has 0 radical (unpaired) electrons. The molecule has 160 valence electrons. The van der Waals surface area contributed by atoms with Crippen LogP contribution in [-0.2, 0) is 11.6 Å². The number of halogens is 5. The molecule has 0 saturated heterocycles. The Morgan fingerprint density at radius 3 is 2.63 bits per heavy atom. The van der Waals surface area contributed by atoms with Gasteiger partial charge in [-0.15, -0.1) is 0 Å². The second kappa shape index (κ2) is 7.29. The molecule has 0 spiro atoms. The number of amides is 1. The molecule has 1 aliphatic heterocycles. The number of nitrogens with zero attached hydrogens (tertiary/aromatic N) is 3. The van der Waals surface area contributed by atoms with Crippen LogP contribution in [0.15, 0.2) is 41.8 Å². The van der Waals surface area contributed by atoms with E-state index in [9.17, 15) is 26.7 Å². The Bertz CT molecular complexity index is 998. The van der Waals surface area contributed by atoms with Crippen LogP contribution < -0.4 is 11.1 Å². The van der Waals surface area contributed by atoms with Crippen LogP contribution in [0.5, 0.6) is 0 Å². The summed E-state index contributed by atoms with van der Waals surface area (Å²) in [5, 5.41) is 1.47. The van der Waals surface area contributed by atoms with E-state index in [-0.39, 0.29) is 5.69 Å². The Morgan fingerprint density at radius 2 is 2.00 bits per heavy atom. The summed E-state index contributed by atoms with van der Waals surface area (Å²) in [6.07, 6.45) is 0.641. The summed E-state index contributed by atoms with van der Waals surface area (Å²) in [5.74, 6) is -2.81. The lowest BCUT2D eigenvalue weighted by Gasteiger charge is -2.39. The number of aliphatic imine (C=N–C) groups is 1. The van der Waals surface area contributed by atoms with Crippen molar-refractivity contribution >= 4 is 11.7 Å². The van der Waals surface area contributed by atoms with Crippen LogP contribution in [0, 0.1) is 5.82 Å². The molecule has 1 amide bonds. The summed E-state index contributed by atoms with van der Waals surface area (Å²) in [5.41, 5.74) is -0.444. The number of hydrogen-bond acceptors (Lipinski definition) is 5. The molecule has 0 fully saturated rings. The van der Waals surface area contributed by atoms with Gasteiger partial charge in [-0.2, -0.15) is 8.78 Å². The average Bonchev–Trinajstić information content (AvgIpc) is 2.67. The first kappa shape index (κ1) is 21.6. The summed E-state index contributed by atoms with van der Waals surface area (Å²) in [4.78, 5) is 23.0. The third kappa shape index (κ3) is 3.83. The molecule has 2 heterocycles. The summed E-state index contributed by atoms with van der Waals surface area (Å²) in [6, 6.07) is -1.85. The molecular formula is C19H18F5N5O. The van der Waals surface area contributed by atoms with Crippen molar-refractivity contribution in [3.8, 4) is 0 Å². The summed E-state index contributed by atoms with van der Waals surface area (Å²) in [7, 11) is 0. The lowest BCUT2D eigenvalue weighted by Crippen LogP contribution is -2.51. The lowest BCUT2D eigenvalue weighted by molar-refractivity contribution is -0.0337. The number of carbonyl (C=O) groups is 1. The maximum atomic E-state index is 14.8. The van der Waals surface area contributed by atoms with Crippen LogP contribution in [0.25, 0.3) is 0 Å². The fraction of sp³-hybridized carbons (Fsp3) is 0.368. The molecule has 30 heavy (non-hydrogen) atoms. The van der Waals surface area contributed by atoms with Gasteiger partial charge in [0.15, 0.2) is 5.67 Å². The second-order valence-corrected chi connectivity index (χ2v) is 7.33. The van der Waals surface area contributed by atoms with E-state index in [2.05, 4.69) is 15.0 Å². The van der Waals surface area contributed by atoms with E-state index in [0.29, 0.717) is 12.1 Å². The Morgan fingerprint density at radius 1 is 1.30 bits per heavy atom. The number of benzene rings is 1. The summed E-state index contributed by atoms with van der Waals surface area (Å²) < 4.78 is 72.9. The van der Waals surface area contributed by atoms with Gasteiger partial charge in [0.1, 0.15) is 29.1 Å². The van der Waals surface area contributed by atoms with Crippen molar-refractivity contribution in [1.29, 1.82) is 0 Å². The van der Waals surface area contributed by atoms with E-state index < -0.39 is 58.5 Å². The average molecular weight is 427 g/mol. The molecule has 1 aromatic heterocycles. The van der Waals surface area contributed by atoms with Crippen molar-refractivity contribution in [2.45, 2.75) is 43.7 Å². The molecule has 3 atom stereocenters. The van der Waals surface area contributed by atoms with Crippen LogP contribution in [0.1, 0.15) is 41.9 Å². The number of aromatic nitrogens is 2. The Labute approximate surface area is 168 Å². The molecule has 1 aromatic carbocycles. The van der Waals surface area contributed by atoms with Crippen LogP contribution >= 0.6 is 0 Å². The Balaban J connectivity index is 1.99. The minimum Gasteiger partial charge on any atom is -0.385 e. The van der Waals surface area contributed by atoms with E-state index >= 15 is 0 Å². The van der Waals surface area contributed by atoms with Gasteiger partial charge in [-0.1, -0.05) is 0 Å².